The molecule has 5 nitrogen and oxygen atoms in total. The fraction of sp³-hybridized carbons (Fsp3) is 0.0952. The summed E-state index contributed by atoms with van der Waals surface area (Å²) in [5, 5.41) is 0. The van der Waals surface area contributed by atoms with E-state index in [9.17, 15) is 8.42 Å². The van der Waals surface area contributed by atoms with Crippen LogP contribution in [0.1, 0.15) is 11.4 Å². The minimum absolute atomic E-state index is 0.120. The Bertz CT molecular complexity index is 1130. The second-order valence-electron chi connectivity index (χ2n) is 6.36. The van der Waals surface area contributed by atoms with Gasteiger partial charge in [0.15, 0.2) is 0 Å². The van der Waals surface area contributed by atoms with Crippen molar-refractivity contribution in [1.29, 1.82) is 0 Å². The van der Waals surface area contributed by atoms with E-state index in [1.54, 1.807) is 36.4 Å². The van der Waals surface area contributed by atoms with Crippen LogP contribution in [0.4, 0.5) is 5.69 Å². The van der Waals surface area contributed by atoms with Crippen LogP contribution in [-0.4, -0.2) is 18.4 Å². The van der Waals surface area contributed by atoms with Gasteiger partial charge in [0, 0.05) is 0 Å². The monoisotopic (exact) mass is 377 g/mol. The molecule has 0 amide bonds. The number of aryl methyl sites for hydroxylation is 1. The summed E-state index contributed by atoms with van der Waals surface area (Å²) in [6.45, 7) is 2.05. The standard InChI is InChI=1S/C21H19N3O2S/c1-16-11-13-18(14-12-16)27(25,26)24(17-7-3-2-4-8-17)15-21-22-19-9-5-6-10-20(19)23-21/h2-14H,15H2,1H3,(H,22,23). The van der Waals surface area contributed by atoms with Gasteiger partial charge in [-0.05, 0) is 43.3 Å². The number of hydrogen-bond donors (Lipinski definition) is 1. The molecule has 4 rings (SSSR count). The molecule has 0 radical (unpaired) electrons. The molecule has 1 aromatic heterocycles. The quantitative estimate of drug-likeness (QED) is 0.565. The first-order valence-corrected chi connectivity index (χ1v) is 10.1. The van der Waals surface area contributed by atoms with Crippen molar-refractivity contribution in [3.8, 4) is 0 Å². The summed E-state index contributed by atoms with van der Waals surface area (Å²) in [5.41, 5.74) is 3.30. The lowest BCUT2D eigenvalue weighted by Crippen LogP contribution is -2.31. The van der Waals surface area contributed by atoms with E-state index in [-0.39, 0.29) is 11.4 Å². The molecule has 0 fully saturated rings. The summed E-state index contributed by atoms with van der Waals surface area (Å²) in [5.74, 6) is 0.593. The third-order valence-electron chi connectivity index (χ3n) is 4.38. The van der Waals surface area contributed by atoms with Gasteiger partial charge in [-0.1, -0.05) is 48.0 Å². The van der Waals surface area contributed by atoms with Crippen LogP contribution in [0.2, 0.25) is 0 Å². The molecule has 0 unspecified atom stereocenters. The number of fused-ring (bicyclic) bond motifs is 1. The van der Waals surface area contributed by atoms with Gasteiger partial charge >= 0.3 is 0 Å². The molecule has 0 aliphatic rings. The van der Waals surface area contributed by atoms with Gasteiger partial charge in [0.05, 0.1) is 28.2 Å². The van der Waals surface area contributed by atoms with E-state index >= 15 is 0 Å². The highest BCUT2D eigenvalue weighted by Gasteiger charge is 2.26. The van der Waals surface area contributed by atoms with Gasteiger partial charge in [-0.3, -0.25) is 4.31 Å². The minimum Gasteiger partial charge on any atom is -0.340 e. The second-order valence-corrected chi connectivity index (χ2v) is 8.22. The van der Waals surface area contributed by atoms with Gasteiger partial charge < -0.3 is 4.98 Å². The van der Waals surface area contributed by atoms with Crippen LogP contribution in [0.15, 0.2) is 83.8 Å². The largest absolute Gasteiger partial charge is 0.340 e. The van der Waals surface area contributed by atoms with E-state index < -0.39 is 10.0 Å². The number of aromatic amines is 1. The predicted octanol–water partition coefficient (Wildman–Crippen LogP) is 4.27. The van der Waals surface area contributed by atoms with Gasteiger partial charge in [0.25, 0.3) is 10.0 Å². The van der Waals surface area contributed by atoms with Gasteiger partial charge in [-0.15, -0.1) is 0 Å². The third kappa shape index (κ3) is 3.44. The SMILES string of the molecule is Cc1ccc(S(=O)(=O)N(Cc2nc3ccccc3[nH]2)c2ccccc2)cc1. The van der Waals surface area contributed by atoms with Crippen molar-refractivity contribution in [2.24, 2.45) is 0 Å². The highest BCUT2D eigenvalue weighted by atomic mass is 32.2. The van der Waals surface area contributed by atoms with E-state index in [2.05, 4.69) is 9.97 Å². The predicted molar refractivity (Wildman–Crippen MR) is 107 cm³/mol. The average molecular weight is 377 g/mol. The molecule has 3 aromatic carbocycles. The van der Waals surface area contributed by atoms with E-state index in [0.717, 1.165) is 16.6 Å². The number of imidazole rings is 1. The number of nitrogens with one attached hydrogen (secondary N) is 1. The zero-order valence-corrected chi connectivity index (χ0v) is 15.6. The smallest absolute Gasteiger partial charge is 0.264 e. The lowest BCUT2D eigenvalue weighted by Gasteiger charge is -2.23. The number of benzene rings is 3. The number of anilines is 1. The van der Waals surface area contributed by atoms with Gasteiger partial charge in [-0.2, -0.15) is 0 Å². The Morgan fingerprint density at radius 1 is 0.889 bits per heavy atom. The fourth-order valence-electron chi connectivity index (χ4n) is 2.96. The fourth-order valence-corrected chi connectivity index (χ4v) is 4.39. The van der Waals surface area contributed by atoms with Gasteiger partial charge in [0.2, 0.25) is 0 Å². The van der Waals surface area contributed by atoms with Gasteiger partial charge in [0.1, 0.15) is 5.82 Å². The van der Waals surface area contributed by atoms with Crippen molar-refractivity contribution in [3.05, 3.63) is 90.3 Å². The van der Waals surface area contributed by atoms with Crippen LogP contribution < -0.4 is 4.31 Å². The Kier molecular flexibility index (Phi) is 4.41. The number of rotatable bonds is 5. The Balaban J connectivity index is 1.78. The Morgan fingerprint density at radius 3 is 2.26 bits per heavy atom. The summed E-state index contributed by atoms with van der Waals surface area (Å²) in [6, 6.07) is 23.6. The molecule has 0 saturated heterocycles. The van der Waals surface area contributed by atoms with Crippen molar-refractivity contribution < 1.29 is 8.42 Å². The number of para-hydroxylation sites is 3. The first-order chi connectivity index (χ1) is 13.0. The summed E-state index contributed by atoms with van der Waals surface area (Å²) in [6.07, 6.45) is 0. The second kappa shape index (κ2) is 6.89. The van der Waals surface area contributed by atoms with E-state index in [1.807, 2.05) is 49.4 Å². The van der Waals surface area contributed by atoms with Crippen LogP contribution in [0.5, 0.6) is 0 Å². The highest BCUT2D eigenvalue weighted by molar-refractivity contribution is 7.92. The van der Waals surface area contributed by atoms with E-state index in [4.69, 9.17) is 0 Å². The molecule has 0 aliphatic carbocycles. The van der Waals surface area contributed by atoms with Crippen molar-refractivity contribution in [2.75, 3.05) is 4.31 Å². The zero-order valence-electron chi connectivity index (χ0n) is 14.8. The van der Waals surface area contributed by atoms with Gasteiger partial charge in [-0.25, -0.2) is 13.4 Å². The molecule has 6 heteroatoms. The summed E-state index contributed by atoms with van der Waals surface area (Å²) in [7, 11) is -3.73. The zero-order chi connectivity index (χ0) is 18.9. The van der Waals surface area contributed by atoms with Crippen LogP contribution in [-0.2, 0) is 16.6 Å². The Morgan fingerprint density at radius 2 is 1.56 bits per heavy atom. The first kappa shape index (κ1) is 17.3. The van der Waals surface area contributed by atoms with Crippen LogP contribution in [0.3, 0.4) is 0 Å². The molecule has 4 aromatic rings. The number of sulfonamides is 1. The molecule has 1 heterocycles. The lowest BCUT2D eigenvalue weighted by atomic mass is 10.2. The maximum atomic E-state index is 13.3. The summed E-state index contributed by atoms with van der Waals surface area (Å²) in [4.78, 5) is 8.01. The molecule has 0 atom stereocenters. The molecule has 27 heavy (non-hydrogen) atoms. The van der Waals surface area contributed by atoms with Crippen molar-refractivity contribution >= 4 is 26.7 Å². The molecule has 136 valence electrons. The minimum atomic E-state index is -3.73. The molecule has 0 spiro atoms. The van der Waals surface area contributed by atoms with E-state index in [0.29, 0.717) is 11.5 Å². The first-order valence-electron chi connectivity index (χ1n) is 8.62. The van der Waals surface area contributed by atoms with Crippen LogP contribution in [0, 0.1) is 6.92 Å². The topological polar surface area (TPSA) is 66.1 Å². The molecule has 0 saturated carbocycles. The molecular formula is C21H19N3O2S. The number of aromatic nitrogens is 2. The van der Waals surface area contributed by atoms with Crippen LogP contribution in [0.25, 0.3) is 11.0 Å². The number of H-pyrrole nitrogens is 1. The highest BCUT2D eigenvalue weighted by Crippen LogP contribution is 2.26. The lowest BCUT2D eigenvalue weighted by molar-refractivity contribution is 0.589. The average Bonchev–Trinajstić information content (AvgIpc) is 3.10. The number of hydrogen-bond acceptors (Lipinski definition) is 3. The van der Waals surface area contributed by atoms with Crippen LogP contribution >= 0.6 is 0 Å². The molecular weight excluding hydrogens is 358 g/mol. The summed E-state index contributed by atoms with van der Waals surface area (Å²) < 4.78 is 28.1. The molecule has 0 bridgehead atoms. The Hall–Kier alpha value is -3.12. The van der Waals surface area contributed by atoms with Crippen molar-refractivity contribution in [3.63, 3.8) is 0 Å². The molecule has 0 aliphatic heterocycles. The van der Waals surface area contributed by atoms with Crippen molar-refractivity contribution in [2.45, 2.75) is 18.4 Å². The maximum absolute atomic E-state index is 13.3. The van der Waals surface area contributed by atoms with Crippen molar-refractivity contribution in [1.82, 2.24) is 9.97 Å². The normalized spacial score (nSPS) is 11.6. The molecule has 1 N–H and O–H groups in total. The number of nitrogens with zero attached hydrogens (tertiary/aromatic N) is 2. The summed E-state index contributed by atoms with van der Waals surface area (Å²) >= 11 is 0. The Labute approximate surface area is 158 Å². The third-order valence-corrected chi connectivity index (χ3v) is 6.17. The van der Waals surface area contributed by atoms with E-state index in [1.165, 1.54) is 4.31 Å². The maximum Gasteiger partial charge on any atom is 0.264 e.